The van der Waals surface area contributed by atoms with Crippen LogP contribution in [0.3, 0.4) is 0 Å². The molecule has 3 N–H and O–H groups in total. The van der Waals surface area contributed by atoms with Crippen molar-refractivity contribution in [1.82, 2.24) is 0 Å². The first kappa shape index (κ1) is 26.3. The Hall–Kier alpha value is -4.29. The zero-order chi connectivity index (χ0) is 26.7. The second-order valence-corrected chi connectivity index (χ2v) is 7.22. The van der Waals surface area contributed by atoms with E-state index < -0.39 is 52.5 Å². The first-order valence-electron chi connectivity index (χ1n) is 9.89. The van der Waals surface area contributed by atoms with Crippen LogP contribution in [0.4, 0.5) is 52.6 Å². The van der Waals surface area contributed by atoms with Crippen molar-refractivity contribution in [2.75, 3.05) is 23.1 Å². The average Bonchev–Trinajstić information content (AvgIpc) is 2.78. The molecule has 0 spiro atoms. The molecule has 6 nitrogen and oxygen atoms in total. The Morgan fingerprint density at radius 1 is 0.778 bits per heavy atom. The third kappa shape index (κ3) is 6.43. The number of hydrogen-bond donors (Lipinski definition) is 3. The van der Waals surface area contributed by atoms with Gasteiger partial charge in [-0.05, 0) is 42.5 Å². The van der Waals surface area contributed by atoms with Gasteiger partial charge >= 0.3 is 18.4 Å². The minimum atomic E-state index is -4.99. The molecule has 0 fully saturated rings. The highest BCUT2D eigenvalue weighted by Gasteiger charge is 2.35. The van der Waals surface area contributed by atoms with Gasteiger partial charge in [0.15, 0.2) is 0 Å². The van der Waals surface area contributed by atoms with E-state index in [2.05, 4.69) is 10.6 Å². The number of amides is 3. The summed E-state index contributed by atoms with van der Waals surface area (Å²) in [7, 11) is 1.12. The number of ether oxygens (including phenoxy) is 1. The molecule has 3 aromatic rings. The Morgan fingerprint density at radius 2 is 1.44 bits per heavy atom. The lowest BCUT2D eigenvalue weighted by atomic mass is 10.1. The Bertz CT molecular complexity index is 1290. The number of nitrogens with one attached hydrogen (secondary N) is 3. The highest BCUT2D eigenvalue weighted by molar-refractivity contribution is 6.05. The van der Waals surface area contributed by atoms with Gasteiger partial charge in [0.1, 0.15) is 11.6 Å². The van der Waals surface area contributed by atoms with Gasteiger partial charge in [-0.1, -0.05) is 12.1 Å². The monoisotopic (exact) mass is 515 g/mol. The van der Waals surface area contributed by atoms with E-state index in [1.54, 1.807) is 0 Å². The van der Waals surface area contributed by atoms with Gasteiger partial charge in [0.2, 0.25) is 0 Å². The van der Waals surface area contributed by atoms with Gasteiger partial charge < -0.3 is 20.7 Å². The van der Waals surface area contributed by atoms with E-state index in [9.17, 15) is 40.3 Å². The van der Waals surface area contributed by atoms with Crippen LogP contribution in [0.15, 0.2) is 60.7 Å². The summed E-state index contributed by atoms with van der Waals surface area (Å²) in [5.41, 5.74) is -4.38. The van der Waals surface area contributed by atoms with E-state index in [4.69, 9.17) is 4.74 Å². The quantitative estimate of drug-likeness (QED) is 0.328. The normalized spacial score (nSPS) is 11.6. The van der Waals surface area contributed by atoms with Crippen LogP contribution in [-0.2, 0) is 12.4 Å². The molecule has 0 atom stereocenters. The van der Waals surface area contributed by atoms with E-state index in [1.807, 2.05) is 5.32 Å². The molecule has 36 heavy (non-hydrogen) atoms. The van der Waals surface area contributed by atoms with Gasteiger partial charge in [0.05, 0.1) is 29.5 Å². The van der Waals surface area contributed by atoms with Crippen molar-refractivity contribution < 1.29 is 45.1 Å². The fourth-order valence-corrected chi connectivity index (χ4v) is 3.05. The minimum absolute atomic E-state index is 0.213. The van der Waals surface area contributed by atoms with Crippen molar-refractivity contribution in [2.24, 2.45) is 0 Å². The summed E-state index contributed by atoms with van der Waals surface area (Å²) in [5, 5.41) is 6.14. The van der Waals surface area contributed by atoms with E-state index >= 15 is 0 Å². The smallest absolute Gasteiger partial charge is 0.418 e. The summed E-state index contributed by atoms with van der Waals surface area (Å²) in [6.07, 6.45) is -9.73. The van der Waals surface area contributed by atoms with Crippen LogP contribution in [0.25, 0.3) is 0 Å². The highest BCUT2D eigenvalue weighted by Crippen LogP contribution is 2.37. The van der Waals surface area contributed by atoms with Crippen molar-refractivity contribution in [3.05, 3.63) is 83.2 Å². The highest BCUT2D eigenvalue weighted by atomic mass is 19.4. The molecule has 190 valence electrons. The van der Waals surface area contributed by atoms with Crippen LogP contribution < -0.4 is 20.7 Å². The molecular weight excluding hydrogens is 499 g/mol. The van der Waals surface area contributed by atoms with Gasteiger partial charge in [-0.3, -0.25) is 4.79 Å². The summed E-state index contributed by atoms with van der Waals surface area (Å²) in [6, 6.07) is 8.28. The van der Waals surface area contributed by atoms with Gasteiger partial charge in [0.25, 0.3) is 5.91 Å². The van der Waals surface area contributed by atoms with Crippen molar-refractivity contribution in [1.29, 1.82) is 0 Å². The van der Waals surface area contributed by atoms with Gasteiger partial charge in [-0.25, -0.2) is 9.18 Å². The van der Waals surface area contributed by atoms with Crippen LogP contribution in [0.1, 0.15) is 21.5 Å². The molecule has 0 saturated carbocycles. The molecular formula is C23H16F7N3O3. The number of alkyl halides is 6. The van der Waals surface area contributed by atoms with Crippen LogP contribution in [-0.4, -0.2) is 19.0 Å². The van der Waals surface area contributed by atoms with Crippen LogP contribution in [0.2, 0.25) is 0 Å². The number of urea groups is 1. The Labute approximate surface area is 199 Å². The second-order valence-electron chi connectivity index (χ2n) is 7.22. The standard InChI is InChI=1S/C23H16F7N3O3/c1-36-15-9-12(22(25,26)27)8-14(10-15)32-21(35)31-13-6-7-19(17(11-13)23(28,29)30)33-20(34)16-4-2-3-5-18(16)24/h2-11H,1H3,(H,33,34)(H2,31,32,35). The Balaban J connectivity index is 1.82. The molecule has 0 aliphatic heterocycles. The van der Waals surface area contributed by atoms with Crippen molar-refractivity contribution in [3.63, 3.8) is 0 Å². The van der Waals surface area contributed by atoms with Crippen molar-refractivity contribution in [2.45, 2.75) is 12.4 Å². The molecule has 0 heterocycles. The fourth-order valence-electron chi connectivity index (χ4n) is 3.05. The maximum absolute atomic E-state index is 13.8. The second kappa shape index (κ2) is 10.1. The maximum Gasteiger partial charge on any atom is 0.418 e. The van der Waals surface area contributed by atoms with Crippen molar-refractivity contribution in [3.8, 4) is 5.75 Å². The molecule has 3 aromatic carbocycles. The molecule has 0 bridgehead atoms. The lowest BCUT2D eigenvalue weighted by Gasteiger charge is -2.16. The zero-order valence-electron chi connectivity index (χ0n) is 18.1. The number of benzene rings is 3. The van der Waals surface area contributed by atoms with E-state index in [-0.39, 0.29) is 17.1 Å². The number of halogens is 7. The number of carbonyl (C=O) groups excluding carboxylic acids is 2. The molecule has 0 saturated heterocycles. The topological polar surface area (TPSA) is 79.5 Å². The SMILES string of the molecule is COc1cc(NC(=O)Nc2ccc(NC(=O)c3ccccc3F)c(C(F)(F)F)c2)cc(C(F)(F)F)c1. The van der Waals surface area contributed by atoms with Gasteiger partial charge in [0, 0.05) is 17.4 Å². The number of carbonyl (C=O) groups is 2. The first-order chi connectivity index (χ1) is 16.8. The van der Waals surface area contributed by atoms with Crippen LogP contribution in [0.5, 0.6) is 5.75 Å². The molecule has 0 aliphatic rings. The molecule has 3 amide bonds. The van der Waals surface area contributed by atoms with E-state index in [1.165, 1.54) is 12.1 Å². The summed E-state index contributed by atoms with van der Waals surface area (Å²) >= 11 is 0. The first-order valence-corrected chi connectivity index (χ1v) is 9.89. The summed E-state index contributed by atoms with van der Waals surface area (Å²) in [4.78, 5) is 24.5. The minimum Gasteiger partial charge on any atom is -0.497 e. The Kier molecular flexibility index (Phi) is 7.41. The Morgan fingerprint density at radius 3 is 2.06 bits per heavy atom. The van der Waals surface area contributed by atoms with Crippen LogP contribution in [0, 0.1) is 5.82 Å². The number of anilines is 3. The number of rotatable bonds is 5. The summed E-state index contributed by atoms with van der Waals surface area (Å²) in [5.74, 6) is -2.28. The van der Waals surface area contributed by atoms with Crippen molar-refractivity contribution >= 4 is 29.0 Å². The molecule has 0 aromatic heterocycles. The third-order valence-corrected chi connectivity index (χ3v) is 4.68. The maximum atomic E-state index is 13.8. The molecule has 0 radical (unpaired) electrons. The van der Waals surface area contributed by atoms with E-state index in [0.717, 1.165) is 37.4 Å². The van der Waals surface area contributed by atoms with Gasteiger partial charge in [-0.15, -0.1) is 0 Å². The molecule has 13 heteroatoms. The predicted octanol–water partition coefficient (Wildman–Crippen LogP) is 6.77. The molecule has 0 unspecified atom stereocenters. The zero-order valence-corrected chi connectivity index (χ0v) is 18.1. The predicted molar refractivity (Wildman–Crippen MR) is 116 cm³/mol. The summed E-state index contributed by atoms with van der Waals surface area (Å²) < 4.78 is 98.5. The summed E-state index contributed by atoms with van der Waals surface area (Å²) in [6.45, 7) is 0. The number of methoxy groups -OCH3 is 1. The van der Waals surface area contributed by atoms with E-state index in [0.29, 0.717) is 18.2 Å². The average molecular weight is 515 g/mol. The molecule has 0 aliphatic carbocycles. The molecule has 3 rings (SSSR count). The lowest BCUT2D eigenvalue weighted by Crippen LogP contribution is -2.21. The largest absolute Gasteiger partial charge is 0.497 e. The fraction of sp³-hybridized carbons (Fsp3) is 0.130. The lowest BCUT2D eigenvalue weighted by molar-refractivity contribution is -0.138. The third-order valence-electron chi connectivity index (χ3n) is 4.68. The van der Waals surface area contributed by atoms with Gasteiger partial charge in [-0.2, -0.15) is 26.3 Å². The number of hydrogen-bond acceptors (Lipinski definition) is 3. The van der Waals surface area contributed by atoms with Crippen LogP contribution >= 0.6 is 0 Å².